The van der Waals surface area contributed by atoms with Gasteiger partial charge in [0.1, 0.15) is 5.82 Å². The van der Waals surface area contributed by atoms with E-state index in [2.05, 4.69) is 0 Å². The first kappa shape index (κ1) is 14.1. The summed E-state index contributed by atoms with van der Waals surface area (Å²) in [6.45, 7) is 5.28. The van der Waals surface area contributed by atoms with Crippen LogP contribution in [-0.4, -0.2) is 20.2 Å². The highest BCUT2D eigenvalue weighted by molar-refractivity contribution is 7.91. The van der Waals surface area contributed by atoms with E-state index in [1.807, 2.05) is 13.8 Å². The van der Waals surface area contributed by atoms with Gasteiger partial charge in [0.15, 0.2) is 9.84 Å². The highest BCUT2D eigenvalue weighted by Crippen LogP contribution is 2.17. The number of halogens is 1. The molecule has 0 aliphatic rings. The summed E-state index contributed by atoms with van der Waals surface area (Å²) in [5.41, 5.74) is 6.08. The van der Waals surface area contributed by atoms with Crippen molar-refractivity contribution in [1.29, 1.82) is 0 Å². The zero-order valence-corrected chi connectivity index (χ0v) is 11.1. The molecular weight excluding hydrogens is 241 g/mol. The van der Waals surface area contributed by atoms with E-state index in [-0.39, 0.29) is 16.6 Å². The minimum absolute atomic E-state index is 0.0892. The summed E-state index contributed by atoms with van der Waals surface area (Å²) < 4.78 is 37.1. The average Bonchev–Trinajstić information content (AvgIpc) is 2.21. The summed E-state index contributed by atoms with van der Waals surface area (Å²) in [6, 6.07) is 3.39. The van der Waals surface area contributed by atoms with Gasteiger partial charge in [-0.25, -0.2) is 12.8 Å². The van der Waals surface area contributed by atoms with Crippen molar-refractivity contribution in [2.45, 2.75) is 31.7 Å². The highest BCUT2D eigenvalue weighted by atomic mass is 32.2. The predicted molar refractivity (Wildman–Crippen MR) is 66.0 cm³/mol. The van der Waals surface area contributed by atoms with Crippen LogP contribution < -0.4 is 5.73 Å². The normalized spacial score (nSPS) is 14.0. The van der Waals surface area contributed by atoms with Crippen LogP contribution in [0.2, 0.25) is 0 Å². The lowest BCUT2D eigenvalue weighted by molar-refractivity contribution is 0.516. The van der Waals surface area contributed by atoms with Crippen LogP contribution in [0.25, 0.3) is 0 Å². The van der Waals surface area contributed by atoms with E-state index in [9.17, 15) is 12.8 Å². The van der Waals surface area contributed by atoms with E-state index < -0.39 is 21.7 Å². The molecule has 1 unspecified atom stereocenters. The third-order valence-corrected chi connectivity index (χ3v) is 4.55. The number of hydrogen-bond donors (Lipinski definition) is 1. The molecule has 0 saturated heterocycles. The van der Waals surface area contributed by atoms with Gasteiger partial charge in [-0.15, -0.1) is 0 Å². The van der Waals surface area contributed by atoms with Crippen LogP contribution in [0.15, 0.2) is 23.1 Å². The van der Waals surface area contributed by atoms with E-state index in [0.29, 0.717) is 5.56 Å². The topological polar surface area (TPSA) is 60.2 Å². The first-order valence-corrected chi connectivity index (χ1v) is 7.14. The lowest BCUT2D eigenvalue weighted by atomic mass is 10.1. The Morgan fingerprint density at radius 1 is 1.35 bits per heavy atom. The molecule has 0 aromatic heterocycles. The number of nitrogens with two attached hydrogens (primary N) is 1. The fraction of sp³-hybridized carbons (Fsp3) is 0.500. The molecule has 1 aromatic carbocycles. The summed E-state index contributed by atoms with van der Waals surface area (Å²) in [6.07, 6.45) is 0. The molecule has 5 heteroatoms. The van der Waals surface area contributed by atoms with Gasteiger partial charge >= 0.3 is 0 Å². The Bertz CT molecular complexity index is 497. The highest BCUT2D eigenvalue weighted by Gasteiger charge is 2.21. The van der Waals surface area contributed by atoms with Gasteiger partial charge in [-0.3, -0.25) is 0 Å². The van der Waals surface area contributed by atoms with Crippen LogP contribution in [0.3, 0.4) is 0 Å². The predicted octanol–water partition coefficient (Wildman–Crippen LogP) is 1.89. The molecule has 0 aliphatic carbocycles. The Morgan fingerprint density at radius 2 is 1.94 bits per heavy atom. The standard InChI is InChI=1S/C12H18FNO2S/c1-8(2)12(14)7-17(15,16)10-4-5-11(13)9(3)6-10/h4-6,8,12H,7,14H2,1-3H3. The zero-order chi connectivity index (χ0) is 13.2. The van der Waals surface area contributed by atoms with Crippen molar-refractivity contribution in [3.63, 3.8) is 0 Å². The summed E-state index contributed by atoms with van der Waals surface area (Å²) in [7, 11) is -3.44. The smallest absolute Gasteiger partial charge is 0.179 e. The fourth-order valence-electron chi connectivity index (χ4n) is 1.35. The van der Waals surface area contributed by atoms with E-state index in [4.69, 9.17) is 5.73 Å². The Balaban J connectivity index is 3.01. The molecule has 1 atom stereocenters. The maximum absolute atomic E-state index is 13.1. The molecule has 0 amide bonds. The van der Waals surface area contributed by atoms with Crippen LogP contribution in [0, 0.1) is 18.7 Å². The van der Waals surface area contributed by atoms with Gasteiger partial charge in [-0.1, -0.05) is 13.8 Å². The van der Waals surface area contributed by atoms with Crippen molar-refractivity contribution < 1.29 is 12.8 Å². The van der Waals surface area contributed by atoms with Gasteiger partial charge in [0.05, 0.1) is 10.6 Å². The molecule has 0 saturated carbocycles. The van der Waals surface area contributed by atoms with Crippen molar-refractivity contribution in [3.8, 4) is 0 Å². The number of rotatable bonds is 4. The Hall–Kier alpha value is -0.940. The van der Waals surface area contributed by atoms with Crippen LogP contribution in [-0.2, 0) is 9.84 Å². The van der Waals surface area contributed by atoms with Gasteiger partial charge < -0.3 is 5.73 Å². The molecule has 0 radical (unpaired) electrons. The molecule has 3 nitrogen and oxygen atoms in total. The van der Waals surface area contributed by atoms with Crippen molar-refractivity contribution in [3.05, 3.63) is 29.6 Å². The quantitative estimate of drug-likeness (QED) is 0.840. The molecule has 1 aromatic rings. The molecule has 0 fully saturated rings. The number of benzene rings is 1. The lowest BCUT2D eigenvalue weighted by Gasteiger charge is -2.15. The van der Waals surface area contributed by atoms with E-state index >= 15 is 0 Å². The number of hydrogen-bond acceptors (Lipinski definition) is 3. The molecule has 0 heterocycles. The summed E-state index contributed by atoms with van der Waals surface area (Å²) in [5.74, 6) is -0.432. The van der Waals surface area contributed by atoms with Gasteiger partial charge in [0, 0.05) is 6.04 Å². The van der Waals surface area contributed by atoms with Gasteiger partial charge in [-0.05, 0) is 36.6 Å². The van der Waals surface area contributed by atoms with Crippen LogP contribution >= 0.6 is 0 Å². The molecule has 1 rings (SSSR count). The third-order valence-electron chi connectivity index (χ3n) is 2.76. The van der Waals surface area contributed by atoms with Crippen molar-refractivity contribution >= 4 is 9.84 Å². The third kappa shape index (κ3) is 3.51. The Kier molecular flexibility index (Phi) is 4.27. The van der Waals surface area contributed by atoms with Crippen molar-refractivity contribution in [2.24, 2.45) is 11.7 Å². The second kappa shape index (κ2) is 5.14. The SMILES string of the molecule is Cc1cc(S(=O)(=O)CC(N)C(C)C)ccc1F. The molecule has 0 bridgehead atoms. The number of sulfone groups is 1. The second-order valence-electron chi connectivity index (χ2n) is 4.60. The summed E-state index contributed by atoms with van der Waals surface area (Å²) in [5, 5.41) is 0. The average molecular weight is 259 g/mol. The molecule has 0 spiro atoms. The van der Waals surface area contributed by atoms with Crippen LogP contribution in [0.4, 0.5) is 4.39 Å². The molecule has 0 aliphatic heterocycles. The summed E-state index contributed by atoms with van der Waals surface area (Å²) >= 11 is 0. The lowest BCUT2D eigenvalue weighted by Crippen LogP contribution is -2.34. The van der Waals surface area contributed by atoms with Crippen molar-refractivity contribution in [1.82, 2.24) is 0 Å². The van der Waals surface area contributed by atoms with E-state index in [1.165, 1.54) is 25.1 Å². The summed E-state index contributed by atoms with van der Waals surface area (Å²) in [4.78, 5) is 0.132. The van der Waals surface area contributed by atoms with Gasteiger partial charge in [-0.2, -0.15) is 0 Å². The second-order valence-corrected chi connectivity index (χ2v) is 6.63. The first-order chi connectivity index (χ1) is 7.74. The van der Waals surface area contributed by atoms with Crippen molar-refractivity contribution in [2.75, 3.05) is 5.75 Å². The fourth-order valence-corrected chi connectivity index (χ4v) is 3.07. The maximum Gasteiger partial charge on any atom is 0.179 e. The minimum Gasteiger partial charge on any atom is -0.327 e. The van der Waals surface area contributed by atoms with Crippen LogP contribution in [0.1, 0.15) is 19.4 Å². The Labute approximate surface area is 102 Å². The van der Waals surface area contributed by atoms with Crippen LogP contribution in [0.5, 0.6) is 0 Å². The first-order valence-electron chi connectivity index (χ1n) is 5.48. The van der Waals surface area contributed by atoms with Gasteiger partial charge in [0.25, 0.3) is 0 Å². The van der Waals surface area contributed by atoms with E-state index in [0.717, 1.165) is 0 Å². The minimum atomic E-state index is -3.44. The zero-order valence-electron chi connectivity index (χ0n) is 10.3. The van der Waals surface area contributed by atoms with Gasteiger partial charge in [0.2, 0.25) is 0 Å². The van der Waals surface area contributed by atoms with E-state index in [1.54, 1.807) is 0 Å². The maximum atomic E-state index is 13.1. The largest absolute Gasteiger partial charge is 0.327 e. The molecule has 96 valence electrons. The Morgan fingerprint density at radius 3 is 2.41 bits per heavy atom. The monoisotopic (exact) mass is 259 g/mol. The number of aryl methyl sites for hydroxylation is 1. The molecule has 17 heavy (non-hydrogen) atoms. The molecular formula is C12H18FNO2S. The molecule has 2 N–H and O–H groups in total.